The van der Waals surface area contributed by atoms with Gasteiger partial charge in [-0.15, -0.1) is 0 Å². The summed E-state index contributed by atoms with van der Waals surface area (Å²) in [6.45, 7) is 8.60. The summed E-state index contributed by atoms with van der Waals surface area (Å²) in [5.41, 5.74) is 2.87. The number of aliphatic hydroxyl groups is 1. The van der Waals surface area contributed by atoms with Crippen LogP contribution in [0.5, 0.6) is 0 Å². The summed E-state index contributed by atoms with van der Waals surface area (Å²) in [6, 6.07) is 5.95. The molecular formula is C31H37FN10O6S2. The molecular weight excluding hydrogens is 692 g/mol. The van der Waals surface area contributed by atoms with Crippen LogP contribution >= 0.6 is 0 Å². The topological polar surface area (TPSA) is 192 Å². The summed E-state index contributed by atoms with van der Waals surface area (Å²) in [7, 11) is -7.54. The summed E-state index contributed by atoms with van der Waals surface area (Å²) in [6.07, 6.45) is 8.56. The van der Waals surface area contributed by atoms with E-state index in [-0.39, 0.29) is 40.5 Å². The molecule has 0 aliphatic carbocycles. The first-order valence-electron chi connectivity index (χ1n) is 15.8. The number of fused-ring (bicyclic) bond motifs is 2. The molecule has 4 aromatic heterocycles. The number of hydrogen-bond donors (Lipinski definition) is 2. The number of hydrogen-bond acceptors (Lipinski definition) is 11. The van der Waals surface area contributed by atoms with E-state index in [2.05, 4.69) is 25.7 Å². The third-order valence-corrected chi connectivity index (χ3v) is 11.4. The fourth-order valence-corrected chi connectivity index (χ4v) is 7.76. The van der Waals surface area contributed by atoms with Gasteiger partial charge in [0.05, 0.1) is 42.9 Å². The lowest BCUT2D eigenvalue weighted by molar-refractivity contribution is -0.134. The summed E-state index contributed by atoms with van der Waals surface area (Å²) in [5.74, 6) is -2.05. The Balaban J connectivity index is 0.000000194. The van der Waals surface area contributed by atoms with E-state index in [1.165, 1.54) is 54.1 Å². The molecule has 6 heterocycles. The van der Waals surface area contributed by atoms with E-state index in [4.69, 9.17) is 0 Å². The smallest absolute Gasteiger partial charge is 0.286 e. The largest absolute Gasteiger partial charge is 0.395 e. The standard InChI is InChI=1S/C20H22FN5O4S.C11H15N5O2S/c1-13(2)25-10-15(7-22-25)31(29,30)26-9-14-8-24(11-19(14)23-26)20(28)17(12-27)16-5-3-4-6-18(16)21;1-8(2)15-7-10(4-13-15)19(17,18)16-6-9-3-12-5-11(9)14-16/h3-7,9-10,13,17,27H,8,11-12H2,1-2H3;4,6-8,12H,3,5H2,1-2H3/t17-;/m1./s1. The number of aliphatic hydroxyl groups excluding tert-OH is 1. The van der Waals surface area contributed by atoms with E-state index in [9.17, 15) is 31.1 Å². The van der Waals surface area contributed by atoms with Crippen molar-refractivity contribution in [2.45, 2.75) is 81.7 Å². The molecule has 0 fully saturated rings. The minimum atomic E-state index is -3.91. The van der Waals surface area contributed by atoms with E-state index in [0.717, 1.165) is 19.4 Å². The second-order valence-corrected chi connectivity index (χ2v) is 16.1. The molecule has 50 heavy (non-hydrogen) atoms. The van der Waals surface area contributed by atoms with Crippen LogP contribution in [0.25, 0.3) is 0 Å². The van der Waals surface area contributed by atoms with Crippen LogP contribution in [-0.4, -0.2) is 77.3 Å². The maximum atomic E-state index is 14.1. The molecule has 1 atom stereocenters. The minimum Gasteiger partial charge on any atom is -0.395 e. The highest BCUT2D eigenvalue weighted by Crippen LogP contribution is 2.29. The van der Waals surface area contributed by atoms with Gasteiger partial charge in [-0.1, -0.05) is 18.2 Å². The van der Waals surface area contributed by atoms with E-state index in [1.807, 2.05) is 27.7 Å². The summed E-state index contributed by atoms with van der Waals surface area (Å²) in [5, 5.41) is 29.2. The Bertz CT molecular complexity index is 2210. The minimum absolute atomic E-state index is 0.0140. The number of rotatable bonds is 9. The Morgan fingerprint density at radius 1 is 0.820 bits per heavy atom. The molecule has 0 saturated carbocycles. The number of halogens is 1. The zero-order chi connectivity index (χ0) is 36.0. The van der Waals surface area contributed by atoms with E-state index in [0.29, 0.717) is 24.3 Å². The molecule has 2 aliphatic rings. The first-order chi connectivity index (χ1) is 23.7. The quantitative estimate of drug-likeness (QED) is 0.226. The van der Waals surface area contributed by atoms with Crippen molar-refractivity contribution in [2.75, 3.05) is 6.61 Å². The van der Waals surface area contributed by atoms with Crippen LogP contribution in [-0.2, 0) is 51.0 Å². The van der Waals surface area contributed by atoms with Crippen molar-refractivity contribution < 1.29 is 31.1 Å². The van der Waals surface area contributed by atoms with Gasteiger partial charge in [-0.3, -0.25) is 14.2 Å². The van der Waals surface area contributed by atoms with Crippen LogP contribution in [0.2, 0.25) is 0 Å². The van der Waals surface area contributed by atoms with Crippen LogP contribution < -0.4 is 5.32 Å². The first-order valence-corrected chi connectivity index (χ1v) is 18.7. The second-order valence-electron chi connectivity index (χ2n) is 12.5. The number of carbonyl (C=O) groups excluding carboxylic acids is 1. The second kappa shape index (κ2) is 13.5. The molecule has 0 saturated heterocycles. The molecule has 266 valence electrons. The fraction of sp³-hybridized carbons (Fsp3) is 0.387. The zero-order valence-corrected chi connectivity index (χ0v) is 29.4. The third kappa shape index (κ3) is 6.60. The SMILES string of the molecule is CC(C)n1cc(S(=O)(=O)n2cc3c(n2)CN(C(=O)[C@H](CO)c2ccccc2F)C3)cn1.CC(C)n1cc(S(=O)(=O)n2cc3c(n2)CNC3)cn1. The van der Waals surface area contributed by atoms with E-state index >= 15 is 0 Å². The predicted molar refractivity (Wildman–Crippen MR) is 176 cm³/mol. The molecule has 1 amide bonds. The molecule has 0 spiro atoms. The highest BCUT2D eigenvalue weighted by Gasteiger charge is 2.34. The molecule has 2 N–H and O–H groups in total. The van der Waals surface area contributed by atoms with Gasteiger partial charge in [-0.2, -0.15) is 45.4 Å². The van der Waals surface area contributed by atoms with Crippen LogP contribution in [0.3, 0.4) is 0 Å². The third-order valence-electron chi connectivity index (χ3n) is 8.40. The van der Waals surface area contributed by atoms with Gasteiger partial charge in [0.1, 0.15) is 15.6 Å². The van der Waals surface area contributed by atoms with Gasteiger partial charge in [-0.05, 0) is 33.8 Å². The van der Waals surface area contributed by atoms with Crippen molar-refractivity contribution in [1.29, 1.82) is 0 Å². The number of carbonyl (C=O) groups is 1. The van der Waals surface area contributed by atoms with Gasteiger partial charge in [-0.25, -0.2) is 4.39 Å². The van der Waals surface area contributed by atoms with Gasteiger partial charge in [0.2, 0.25) is 5.91 Å². The van der Waals surface area contributed by atoms with Crippen molar-refractivity contribution in [2.24, 2.45) is 0 Å². The normalized spacial score (nSPS) is 14.9. The fourth-order valence-electron chi connectivity index (χ4n) is 5.54. The average molecular weight is 729 g/mol. The van der Waals surface area contributed by atoms with Crippen LogP contribution in [0.1, 0.15) is 73.8 Å². The van der Waals surface area contributed by atoms with Crippen molar-refractivity contribution in [3.05, 3.63) is 95.3 Å². The Labute approximate surface area is 288 Å². The van der Waals surface area contributed by atoms with Crippen molar-refractivity contribution >= 4 is 26.0 Å². The molecule has 7 rings (SSSR count). The molecule has 0 bridgehead atoms. The zero-order valence-electron chi connectivity index (χ0n) is 27.7. The lowest BCUT2D eigenvalue weighted by atomic mass is 9.98. The summed E-state index contributed by atoms with van der Waals surface area (Å²) < 4.78 is 69.7. The summed E-state index contributed by atoms with van der Waals surface area (Å²) in [4.78, 5) is 14.5. The number of aromatic nitrogens is 8. The predicted octanol–water partition coefficient (Wildman–Crippen LogP) is 2.16. The molecule has 16 nitrogen and oxygen atoms in total. The first kappa shape index (κ1) is 35.1. The number of nitrogens with zero attached hydrogens (tertiary/aromatic N) is 9. The van der Waals surface area contributed by atoms with Gasteiger partial charge in [0.15, 0.2) is 0 Å². The number of nitrogens with one attached hydrogen (secondary N) is 1. The Kier molecular flexibility index (Phi) is 9.51. The van der Waals surface area contributed by atoms with Crippen molar-refractivity contribution in [3.8, 4) is 0 Å². The molecule has 5 aromatic rings. The van der Waals surface area contributed by atoms with Gasteiger partial charge in [0, 0.05) is 73.2 Å². The molecule has 19 heteroatoms. The molecule has 0 unspecified atom stereocenters. The average Bonchev–Trinajstić information content (AvgIpc) is 3.89. The van der Waals surface area contributed by atoms with E-state index in [1.54, 1.807) is 21.6 Å². The number of amides is 1. The molecule has 1 aromatic carbocycles. The Morgan fingerprint density at radius 2 is 1.38 bits per heavy atom. The summed E-state index contributed by atoms with van der Waals surface area (Å²) >= 11 is 0. The van der Waals surface area contributed by atoms with E-state index < -0.39 is 44.3 Å². The van der Waals surface area contributed by atoms with Gasteiger partial charge < -0.3 is 15.3 Å². The monoisotopic (exact) mass is 728 g/mol. The Morgan fingerprint density at radius 3 is 1.88 bits per heavy atom. The van der Waals surface area contributed by atoms with Gasteiger partial charge >= 0.3 is 0 Å². The highest BCUT2D eigenvalue weighted by atomic mass is 32.2. The number of benzene rings is 1. The maximum absolute atomic E-state index is 14.1. The van der Waals surface area contributed by atoms with Crippen LogP contribution in [0, 0.1) is 5.82 Å². The van der Waals surface area contributed by atoms with Crippen molar-refractivity contribution in [1.82, 2.24) is 48.1 Å². The van der Waals surface area contributed by atoms with Crippen molar-refractivity contribution in [3.63, 3.8) is 0 Å². The van der Waals surface area contributed by atoms with Crippen LogP contribution in [0.4, 0.5) is 4.39 Å². The lowest BCUT2D eigenvalue weighted by Gasteiger charge is -2.22. The van der Waals surface area contributed by atoms with Crippen LogP contribution in [0.15, 0.2) is 71.2 Å². The molecule has 2 aliphatic heterocycles. The maximum Gasteiger partial charge on any atom is 0.286 e. The Hall–Kier alpha value is -4.72. The molecule has 0 radical (unpaired) electrons. The lowest BCUT2D eigenvalue weighted by Crippen LogP contribution is -2.33. The van der Waals surface area contributed by atoms with Gasteiger partial charge in [0.25, 0.3) is 20.0 Å². The highest BCUT2D eigenvalue weighted by molar-refractivity contribution is 7.90.